The van der Waals surface area contributed by atoms with Gasteiger partial charge in [-0.2, -0.15) is 5.26 Å². The van der Waals surface area contributed by atoms with Gasteiger partial charge < -0.3 is 4.74 Å². The minimum absolute atomic E-state index is 0.251. The first-order valence-electron chi connectivity index (χ1n) is 10.8. The van der Waals surface area contributed by atoms with E-state index in [0.29, 0.717) is 5.56 Å². The van der Waals surface area contributed by atoms with Crippen LogP contribution in [0.5, 0.6) is 5.75 Å². The number of hydrogen-bond donors (Lipinski definition) is 0. The van der Waals surface area contributed by atoms with E-state index in [1.54, 1.807) is 6.92 Å². The van der Waals surface area contributed by atoms with Crippen molar-refractivity contribution in [1.29, 1.82) is 5.26 Å². The van der Waals surface area contributed by atoms with Crippen LogP contribution in [0.2, 0.25) is 0 Å². The highest BCUT2D eigenvalue weighted by atomic mass is 16.5. The molecule has 0 saturated heterocycles. The van der Waals surface area contributed by atoms with Gasteiger partial charge in [0.2, 0.25) is 0 Å². The van der Waals surface area contributed by atoms with Crippen molar-refractivity contribution in [1.82, 2.24) is 0 Å². The van der Waals surface area contributed by atoms with Gasteiger partial charge in [-0.3, -0.25) is 0 Å². The highest BCUT2D eigenvalue weighted by Gasteiger charge is 2.03. The summed E-state index contributed by atoms with van der Waals surface area (Å²) in [5.74, 6) is 32.8. The number of hydrogen-bond acceptors (Lipinski definition) is 2. The largest absolute Gasteiger partial charge is 0.491 e. The molecule has 166 valence electrons. The van der Waals surface area contributed by atoms with Crippen molar-refractivity contribution in [3.63, 3.8) is 0 Å². The number of terminal acetylenes is 1. The Bertz CT molecular complexity index is 1420. The Balaban J connectivity index is 0.000000367. The summed E-state index contributed by atoms with van der Waals surface area (Å²) in [7, 11) is 0. The van der Waals surface area contributed by atoms with Gasteiger partial charge in [-0.05, 0) is 127 Å². The third kappa shape index (κ3) is 12.9. The van der Waals surface area contributed by atoms with Crippen LogP contribution in [0.3, 0.4) is 0 Å². The molecule has 0 aliphatic carbocycles. The third-order valence-electron chi connectivity index (χ3n) is 4.06. The zero-order valence-corrected chi connectivity index (χ0v) is 20.0. The lowest BCUT2D eigenvalue weighted by Gasteiger charge is -2.14. The van der Waals surface area contributed by atoms with Crippen molar-refractivity contribution in [2.45, 2.75) is 39.7 Å². The maximum atomic E-state index is 8.80. The first kappa shape index (κ1) is 27.7. The summed E-state index contributed by atoms with van der Waals surface area (Å²) in [6.45, 7) is 5.96. The standard InChI is InChI=1S/C18H19NO.C15H4/c1-3-4-14(2)20-18-11-9-17(10-12-18)16-7-5-15(13-19)6-8-16;1-3-5-7-9-11-13-15-14-12-10-8-6-4-2/h5-12,14H,3-4H2,1-2H3;1H,2H3. The molecule has 2 aromatic carbocycles. The molecule has 0 aliphatic rings. The van der Waals surface area contributed by atoms with Crippen LogP contribution in [-0.2, 0) is 0 Å². The Morgan fingerprint density at radius 3 is 1.63 bits per heavy atom. The number of nitriles is 1. The van der Waals surface area contributed by atoms with Crippen molar-refractivity contribution >= 4 is 0 Å². The molecule has 1 unspecified atom stereocenters. The first-order chi connectivity index (χ1) is 17.1. The van der Waals surface area contributed by atoms with Gasteiger partial charge in [-0.15, -0.1) is 6.42 Å². The second kappa shape index (κ2) is 18.2. The maximum absolute atomic E-state index is 8.80. The molecule has 0 heterocycles. The predicted molar refractivity (Wildman–Crippen MR) is 143 cm³/mol. The fraction of sp³-hybridized carbons (Fsp3) is 0.182. The second-order valence-electron chi connectivity index (χ2n) is 6.70. The van der Waals surface area contributed by atoms with E-state index in [1.807, 2.05) is 36.4 Å². The summed E-state index contributed by atoms with van der Waals surface area (Å²) in [5, 5.41) is 8.80. The van der Waals surface area contributed by atoms with Crippen molar-refractivity contribution < 1.29 is 4.74 Å². The normalized spacial score (nSPS) is 8.26. The van der Waals surface area contributed by atoms with Crippen LogP contribution in [0.15, 0.2) is 48.5 Å². The van der Waals surface area contributed by atoms with Crippen molar-refractivity contribution in [2.75, 3.05) is 0 Å². The van der Waals surface area contributed by atoms with Crippen molar-refractivity contribution in [3.8, 4) is 106 Å². The number of rotatable bonds is 5. The molecule has 0 aliphatic heterocycles. The summed E-state index contributed by atoms with van der Waals surface area (Å²) in [5.41, 5.74) is 2.92. The van der Waals surface area contributed by atoms with Crippen LogP contribution in [0.1, 0.15) is 39.2 Å². The van der Waals surface area contributed by atoms with Crippen LogP contribution < -0.4 is 4.74 Å². The molecule has 2 aromatic rings. The van der Waals surface area contributed by atoms with Crippen molar-refractivity contribution in [3.05, 3.63) is 54.1 Å². The molecular weight excluding hydrogens is 426 g/mol. The Morgan fingerprint density at radius 2 is 1.20 bits per heavy atom. The molecule has 0 bridgehead atoms. The van der Waals surface area contributed by atoms with Crippen LogP contribution in [-0.4, -0.2) is 6.10 Å². The molecule has 35 heavy (non-hydrogen) atoms. The number of nitrogens with zero attached hydrogens (tertiary/aromatic N) is 1. The minimum Gasteiger partial charge on any atom is -0.491 e. The zero-order chi connectivity index (χ0) is 25.6. The molecule has 0 saturated carbocycles. The van der Waals surface area contributed by atoms with E-state index in [-0.39, 0.29) is 6.10 Å². The molecule has 0 amide bonds. The van der Waals surface area contributed by atoms with E-state index in [1.165, 1.54) is 0 Å². The monoisotopic (exact) mass is 449 g/mol. The lowest BCUT2D eigenvalue weighted by Crippen LogP contribution is -2.10. The molecule has 0 aromatic heterocycles. The van der Waals surface area contributed by atoms with E-state index in [4.69, 9.17) is 16.4 Å². The second-order valence-corrected chi connectivity index (χ2v) is 6.70. The minimum atomic E-state index is 0.251. The van der Waals surface area contributed by atoms with Gasteiger partial charge in [0.05, 0.1) is 17.7 Å². The summed E-state index contributed by atoms with van der Waals surface area (Å²) in [6, 6.07) is 17.8. The molecule has 1 atom stereocenters. The molecule has 2 rings (SSSR count). The van der Waals surface area contributed by atoms with Gasteiger partial charge in [-0.25, -0.2) is 0 Å². The fourth-order valence-electron chi connectivity index (χ4n) is 2.54. The Hall–Kier alpha value is -5.35. The highest BCUT2D eigenvalue weighted by Crippen LogP contribution is 2.23. The molecule has 0 radical (unpaired) electrons. The van der Waals surface area contributed by atoms with Gasteiger partial charge in [0, 0.05) is 0 Å². The van der Waals surface area contributed by atoms with E-state index in [0.717, 1.165) is 29.7 Å². The molecule has 0 spiro atoms. The summed E-state index contributed by atoms with van der Waals surface area (Å²) in [4.78, 5) is 0. The number of ether oxygens (including phenoxy) is 1. The molecule has 0 fully saturated rings. The SMILES string of the molecule is C#CC#CC#CC#CC#CC#CC#CC.CCCC(C)Oc1ccc(-c2ccc(C#N)cc2)cc1. The van der Waals surface area contributed by atoms with Crippen LogP contribution in [0.25, 0.3) is 11.1 Å². The average Bonchev–Trinajstić information content (AvgIpc) is 2.88. The molecule has 0 N–H and O–H groups in total. The van der Waals surface area contributed by atoms with E-state index < -0.39 is 0 Å². The van der Waals surface area contributed by atoms with Gasteiger partial charge in [0.1, 0.15) is 5.75 Å². The third-order valence-corrected chi connectivity index (χ3v) is 4.06. The van der Waals surface area contributed by atoms with E-state index >= 15 is 0 Å². The molecule has 2 nitrogen and oxygen atoms in total. The summed E-state index contributed by atoms with van der Waals surface area (Å²) >= 11 is 0. The van der Waals surface area contributed by atoms with Crippen LogP contribution >= 0.6 is 0 Å². The van der Waals surface area contributed by atoms with Gasteiger partial charge in [0.15, 0.2) is 0 Å². The van der Waals surface area contributed by atoms with Crippen molar-refractivity contribution in [2.24, 2.45) is 0 Å². The van der Waals surface area contributed by atoms with E-state index in [9.17, 15) is 0 Å². The topological polar surface area (TPSA) is 33.0 Å². The van der Waals surface area contributed by atoms with Gasteiger partial charge in [-0.1, -0.05) is 43.5 Å². The average molecular weight is 450 g/mol. The molecular formula is C33H23NO. The summed E-state index contributed by atoms with van der Waals surface area (Å²) in [6.07, 6.45) is 7.32. The Morgan fingerprint density at radius 1 is 0.743 bits per heavy atom. The maximum Gasteiger partial charge on any atom is 0.119 e. The highest BCUT2D eigenvalue weighted by molar-refractivity contribution is 5.65. The quantitative estimate of drug-likeness (QED) is 0.569. The lowest BCUT2D eigenvalue weighted by molar-refractivity contribution is 0.210. The zero-order valence-electron chi connectivity index (χ0n) is 20.0. The van der Waals surface area contributed by atoms with Gasteiger partial charge in [0.25, 0.3) is 0 Å². The smallest absolute Gasteiger partial charge is 0.119 e. The first-order valence-corrected chi connectivity index (χ1v) is 10.8. The van der Waals surface area contributed by atoms with E-state index in [2.05, 4.69) is 109 Å². The number of benzene rings is 2. The summed E-state index contributed by atoms with van der Waals surface area (Å²) < 4.78 is 5.84. The van der Waals surface area contributed by atoms with Crippen LogP contribution in [0, 0.1) is 94.7 Å². The fourth-order valence-corrected chi connectivity index (χ4v) is 2.54. The molecule has 2 heteroatoms. The van der Waals surface area contributed by atoms with Crippen LogP contribution in [0.4, 0.5) is 0 Å². The predicted octanol–water partition coefficient (Wildman–Crippen LogP) is 5.45. The Kier molecular flexibility index (Phi) is 14.4. The lowest BCUT2D eigenvalue weighted by atomic mass is 10.0. The van der Waals surface area contributed by atoms with Gasteiger partial charge >= 0.3 is 0 Å². The Labute approximate surface area is 210 Å².